The Balaban J connectivity index is 1.74. The highest BCUT2D eigenvalue weighted by Crippen LogP contribution is 2.31. The Morgan fingerprint density at radius 3 is 2.24 bits per heavy atom. The van der Waals surface area contributed by atoms with E-state index >= 15 is 0 Å². The highest BCUT2D eigenvalue weighted by atomic mass is 35.5. The first kappa shape index (κ1) is 19.7. The maximum atomic E-state index is 13.0. The number of hydrogen-bond donors (Lipinski definition) is 0. The number of para-hydroxylation sites is 1. The molecule has 144 valence electrons. The summed E-state index contributed by atoms with van der Waals surface area (Å²) in [7, 11) is 0. The van der Waals surface area contributed by atoms with E-state index in [1.165, 1.54) is 0 Å². The molecule has 29 heavy (non-hydrogen) atoms. The van der Waals surface area contributed by atoms with Gasteiger partial charge in [0, 0.05) is 31.6 Å². The fourth-order valence-corrected chi connectivity index (χ4v) is 3.78. The summed E-state index contributed by atoms with van der Waals surface area (Å²) in [5, 5.41) is 2.14. The summed E-state index contributed by atoms with van der Waals surface area (Å²) in [6, 6.07) is 21.6. The topological polar surface area (TPSA) is 39.2 Å². The van der Waals surface area contributed by atoms with Gasteiger partial charge in [0.05, 0.1) is 16.8 Å². The largest absolute Gasteiger partial charge is 0.457 e. The molecule has 3 aromatic carbocycles. The molecule has 3 nitrogen and oxygen atoms in total. The quantitative estimate of drug-likeness (QED) is 0.313. The van der Waals surface area contributed by atoms with Gasteiger partial charge in [-0.1, -0.05) is 77.3 Å². The fraction of sp³-hybridized carbons (Fsp3) is 0.0435. The van der Waals surface area contributed by atoms with Crippen LogP contribution in [-0.2, 0) is 11.3 Å². The summed E-state index contributed by atoms with van der Waals surface area (Å²) < 4.78 is 5.54. The molecule has 0 amide bonds. The van der Waals surface area contributed by atoms with Gasteiger partial charge in [0.15, 0.2) is 0 Å². The Hall–Kier alpha value is -2.59. The van der Waals surface area contributed by atoms with Crippen molar-refractivity contribution in [2.24, 2.45) is 0 Å². The first-order valence-corrected chi connectivity index (χ1v) is 9.92. The number of halogens is 3. The summed E-state index contributed by atoms with van der Waals surface area (Å²) in [6.45, 7) is -0.0323. The lowest BCUT2D eigenvalue weighted by atomic mass is 10.0. The van der Waals surface area contributed by atoms with Crippen LogP contribution in [-0.4, -0.2) is 11.0 Å². The number of aromatic nitrogens is 1. The highest BCUT2D eigenvalue weighted by molar-refractivity contribution is 6.36. The van der Waals surface area contributed by atoms with E-state index < -0.39 is 5.97 Å². The van der Waals surface area contributed by atoms with Gasteiger partial charge >= 0.3 is 5.97 Å². The lowest BCUT2D eigenvalue weighted by Gasteiger charge is -2.12. The van der Waals surface area contributed by atoms with Crippen molar-refractivity contribution in [2.75, 3.05) is 0 Å². The number of hydrogen-bond acceptors (Lipinski definition) is 3. The zero-order valence-corrected chi connectivity index (χ0v) is 17.3. The average Bonchev–Trinajstić information content (AvgIpc) is 2.73. The standard InChI is InChI=1S/C23H14Cl3NO2/c24-18-8-3-1-7-15(18)22-12-16(14-6-2-4-11-21(14)27-22)23(28)29-13-17-19(25)9-5-10-20(17)26/h1-12H,13H2. The molecule has 1 heterocycles. The number of ether oxygens (including phenoxy) is 1. The van der Waals surface area contributed by atoms with Crippen molar-refractivity contribution in [1.29, 1.82) is 0 Å². The average molecular weight is 443 g/mol. The van der Waals surface area contributed by atoms with Crippen LogP contribution >= 0.6 is 34.8 Å². The van der Waals surface area contributed by atoms with E-state index in [1.807, 2.05) is 42.5 Å². The molecule has 4 rings (SSSR count). The van der Waals surface area contributed by atoms with Crippen molar-refractivity contribution >= 4 is 51.7 Å². The molecule has 4 aromatic rings. The van der Waals surface area contributed by atoms with E-state index in [-0.39, 0.29) is 6.61 Å². The molecule has 0 bridgehead atoms. The minimum atomic E-state index is -0.493. The Labute approximate surface area is 182 Å². The lowest BCUT2D eigenvalue weighted by molar-refractivity contribution is 0.0475. The van der Waals surface area contributed by atoms with E-state index in [0.717, 1.165) is 5.56 Å². The number of pyridine rings is 1. The number of rotatable bonds is 4. The van der Waals surface area contributed by atoms with Crippen LogP contribution in [0, 0.1) is 0 Å². The third kappa shape index (κ3) is 4.08. The third-order valence-corrected chi connectivity index (χ3v) is 5.53. The minimum absolute atomic E-state index is 0.0323. The van der Waals surface area contributed by atoms with Crippen molar-refractivity contribution < 1.29 is 9.53 Å². The molecule has 0 aliphatic heterocycles. The number of carbonyl (C=O) groups excluding carboxylic acids is 1. The first-order valence-electron chi connectivity index (χ1n) is 8.79. The van der Waals surface area contributed by atoms with Gasteiger partial charge < -0.3 is 4.74 Å². The molecule has 0 saturated carbocycles. The monoisotopic (exact) mass is 441 g/mol. The number of benzene rings is 3. The lowest BCUT2D eigenvalue weighted by Crippen LogP contribution is -2.08. The van der Waals surface area contributed by atoms with Crippen LogP contribution in [0.1, 0.15) is 15.9 Å². The van der Waals surface area contributed by atoms with Crippen LogP contribution in [0.5, 0.6) is 0 Å². The third-order valence-electron chi connectivity index (χ3n) is 4.50. The number of esters is 1. The molecule has 0 spiro atoms. The Morgan fingerprint density at radius 1 is 0.828 bits per heavy atom. The molecule has 6 heteroatoms. The molecule has 1 aromatic heterocycles. The SMILES string of the molecule is O=C(OCc1c(Cl)cccc1Cl)c1cc(-c2ccccc2Cl)nc2ccccc12. The van der Waals surface area contributed by atoms with E-state index in [4.69, 9.17) is 39.5 Å². The van der Waals surface area contributed by atoms with E-state index in [1.54, 1.807) is 30.3 Å². The number of nitrogens with zero attached hydrogens (tertiary/aromatic N) is 1. The molecule has 0 radical (unpaired) electrons. The second kappa shape index (κ2) is 8.42. The van der Waals surface area contributed by atoms with Crippen LogP contribution in [0.3, 0.4) is 0 Å². The zero-order valence-electron chi connectivity index (χ0n) is 15.0. The van der Waals surface area contributed by atoms with Gasteiger partial charge in [-0.05, 0) is 30.3 Å². The maximum absolute atomic E-state index is 13.0. The molecule has 0 fully saturated rings. The van der Waals surface area contributed by atoms with E-state index in [0.29, 0.717) is 42.8 Å². The van der Waals surface area contributed by atoms with Gasteiger partial charge in [-0.25, -0.2) is 9.78 Å². The van der Waals surface area contributed by atoms with Crippen LogP contribution in [0.25, 0.3) is 22.2 Å². The number of fused-ring (bicyclic) bond motifs is 1. The van der Waals surface area contributed by atoms with Gasteiger partial charge in [-0.2, -0.15) is 0 Å². The van der Waals surface area contributed by atoms with Gasteiger partial charge in [-0.15, -0.1) is 0 Å². The summed E-state index contributed by atoms with van der Waals surface area (Å²) in [4.78, 5) is 17.6. The van der Waals surface area contributed by atoms with Crippen LogP contribution < -0.4 is 0 Å². The Morgan fingerprint density at radius 2 is 1.48 bits per heavy atom. The van der Waals surface area contributed by atoms with Crippen molar-refractivity contribution in [3.05, 3.63) is 99.0 Å². The van der Waals surface area contributed by atoms with Crippen molar-refractivity contribution in [3.8, 4) is 11.3 Å². The van der Waals surface area contributed by atoms with Crippen LogP contribution in [0.4, 0.5) is 0 Å². The van der Waals surface area contributed by atoms with Crippen LogP contribution in [0.15, 0.2) is 72.8 Å². The van der Waals surface area contributed by atoms with Gasteiger partial charge in [-0.3, -0.25) is 0 Å². The van der Waals surface area contributed by atoms with Gasteiger partial charge in [0.25, 0.3) is 0 Å². The Kier molecular flexibility index (Phi) is 5.72. The molecular formula is C23H14Cl3NO2. The van der Waals surface area contributed by atoms with Gasteiger partial charge in [0.1, 0.15) is 6.61 Å². The maximum Gasteiger partial charge on any atom is 0.339 e. The molecule has 0 aliphatic carbocycles. The smallest absolute Gasteiger partial charge is 0.339 e. The molecule has 0 N–H and O–H groups in total. The van der Waals surface area contributed by atoms with Crippen molar-refractivity contribution in [2.45, 2.75) is 6.61 Å². The second-order valence-electron chi connectivity index (χ2n) is 6.33. The molecular weight excluding hydrogens is 429 g/mol. The first-order chi connectivity index (χ1) is 14.0. The number of carbonyl (C=O) groups is 1. The second-order valence-corrected chi connectivity index (χ2v) is 7.55. The normalized spacial score (nSPS) is 10.9. The van der Waals surface area contributed by atoms with Crippen molar-refractivity contribution in [1.82, 2.24) is 4.98 Å². The minimum Gasteiger partial charge on any atom is -0.457 e. The van der Waals surface area contributed by atoms with E-state index in [2.05, 4.69) is 4.98 Å². The van der Waals surface area contributed by atoms with E-state index in [9.17, 15) is 4.79 Å². The summed E-state index contributed by atoms with van der Waals surface area (Å²) in [5.74, 6) is -0.493. The summed E-state index contributed by atoms with van der Waals surface area (Å²) >= 11 is 18.7. The molecule has 0 unspecified atom stereocenters. The zero-order chi connectivity index (χ0) is 20.4. The Bertz CT molecular complexity index is 1200. The van der Waals surface area contributed by atoms with Gasteiger partial charge in [0.2, 0.25) is 0 Å². The van der Waals surface area contributed by atoms with Crippen LogP contribution in [0.2, 0.25) is 15.1 Å². The molecule has 0 saturated heterocycles. The van der Waals surface area contributed by atoms with Crippen molar-refractivity contribution in [3.63, 3.8) is 0 Å². The fourth-order valence-electron chi connectivity index (χ4n) is 3.04. The highest BCUT2D eigenvalue weighted by Gasteiger charge is 2.17. The summed E-state index contributed by atoms with van der Waals surface area (Å²) in [5.41, 5.74) is 2.97. The predicted molar refractivity (Wildman–Crippen MR) is 118 cm³/mol. The predicted octanol–water partition coefficient (Wildman–Crippen LogP) is 7.22. The molecule has 0 aliphatic rings. The molecule has 0 atom stereocenters. The summed E-state index contributed by atoms with van der Waals surface area (Å²) in [6.07, 6.45) is 0.